The van der Waals surface area contributed by atoms with Crippen LogP contribution in [0.25, 0.3) is 0 Å². The predicted octanol–water partition coefficient (Wildman–Crippen LogP) is 2.95. The van der Waals surface area contributed by atoms with Crippen LogP contribution in [0.15, 0.2) is 30.3 Å². The summed E-state index contributed by atoms with van der Waals surface area (Å²) in [6.07, 6.45) is 3.41. The Morgan fingerprint density at radius 2 is 2.05 bits per heavy atom. The number of nitrogens with one attached hydrogen (secondary N) is 1. The minimum atomic E-state index is -0.450. The number of hydrogen-bond donors (Lipinski definition) is 1. The average Bonchev–Trinajstić information content (AvgIpc) is 2.53. The largest absolute Gasteiger partial charge is 0.340 e. The van der Waals surface area contributed by atoms with Crippen molar-refractivity contribution in [2.24, 2.45) is 0 Å². The fourth-order valence-corrected chi connectivity index (χ4v) is 3.05. The van der Waals surface area contributed by atoms with Crippen LogP contribution < -0.4 is 5.32 Å². The van der Waals surface area contributed by atoms with Crippen molar-refractivity contribution in [1.82, 2.24) is 10.2 Å². The Balaban J connectivity index is 2.05. The van der Waals surface area contributed by atoms with Gasteiger partial charge in [0.2, 0.25) is 5.91 Å². The SMILES string of the molecule is CCCNC1CCCN(C(=O)C(C)(C)c2ccccc2)C1. The van der Waals surface area contributed by atoms with Gasteiger partial charge in [0.25, 0.3) is 0 Å². The van der Waals surface area contributed by atoms with Crippen LogP contribution in [0.2, 0.25) is 0 Å². The summed E-state index contributed by atoms with van der Waals surface area (Å²) in [7, 11) is 0. The number of benzene rings is 1. The lowest BCUT2D eigenvalue weighted by Crippen LogP contribution is -2.52. The lowest BCUT2D eigenvalue weighted by molar-refractivity contribution is -0.137. The van der Waals surface area contributed by atoms with Gasteiger partial charge in [0.05, 0.1) is 5.41 Å². The quantitative estimate of drug-likeness (QED) is 0.903. The Bertz CT molecular complexity index is 456. The molecular formula is C18H28N2O. The average molecular weight is 288 g/mol. The third-order valence-corrected chi connectivity index (χ3v) is 4.42. The van der Waals surface area contributed by atoms with E-state index in [9.17, 15) is 4.79 Å². The molecular weight excluding hydrogens is 260 g/mol. The lowest BCUT2D eigenvalue weighted by atomic mass is 9.82. The highest BCUT2D eigenvalue weighted by molar-refractivity contribution is 5.87. The smallest absolute Gasteiger partial charge is 0.232 e. The maximum atomic E-state index is 12.9. The second-order valence-electron chi connectivity index (χ2n) is 6.54. The van der Waals surface area contributed by atoms with Crippen molar-refractivity contribution < 1.29 is 4.79 Å². The molecule has 116 valence electrons. The topological polar surface area (TPSA) is 32.3 Å². The minimum Gasteiger partial charge on any atom is -0.340 e. The number of likely N-dealkylation sites (tertiary alicyclic amines) is 1. The van der Waals surface area contributed by atoms with E-state index in [4.69, 9.17) is 0 Å². The van der Waals surface area contributed by atoms with Crippen molar-refractivity contribution in [3.8, 4) is 0 Å². The molecule has 1 N–H and O–H groups in total. The van der Waals surface area contributed by atoms with E-state index < -0.39 is 5.41 Å². The molecule has 0 aromatic heterocycles. The molecule has 1 aromatic carbocycles. The molecule has 0 radical (unpaired) electrons. The lowest BCUT2D eigenvalue weighted by Gasteiger charge is -2.38. The monoisotopic (exact) mass is 288 g/mol. The second kappa shape index (κ2) is 7.08. The molecule has 1 aliphatic rings. The number of piperidine rings is 1. The third-order valence-electron chi connectivity index (χ3n) is 4.42. The maximum absolute atomic E-state index is 12.9. The summed E-state index contributed by atoms with van der Waals surface area (Å²) >= 11 is 0. The molecule has 0 spiro atoms. The van der Waals surface area contributed by atoms with Gasteiger partial charge in [-0.15, -0.1) is 0 Å². The molecule has 2 rings (SSSR count). The minimum absolute atomic E-state index is 0.247. The van der Waals surface area contributed by atoms with E-state index in [1.165, 1.54) is 6.42 Å². The molecule has 0 aliphatic carbocycles. The molecule has 0 bridgehead atoms. The molecule has 3 nitrogen and oxygen atoms in total. The zero-order valence-electron chi connectivity index (χ0n) is 13.6. The number of nitrogens with zero attached hydrogens (tertiary/aromatic N) is 1. The van der Waals surface area contributed by atoms with Gasteiger partial charge >= 0.3 is 0 Å². The number of amides is 1. The Morgan fingerprint density at radius 1 is 1.33 bits per heavy atom. The van der Waals surface area contributed by atoms with E-state index in [0.717, 1.165) is 38.0 Å². The van der Waals surface area contributed by atoms with E-state index >= 15 is 0 Å². The van der Waals surface area contributed by atoms with E-state index in [2.05, 4.69) is 24.4 Å². The van der Waals surface area contributed by atoms with Crippen molar-refractivity contribution in [2.45, 2.75) is 51.5 Å². The van der Waals surface area contributed by atoms with Crippen LogP contribution in [-0.4, -0.2) is 36.5 Å². The Morgan fingerprint density at radius 3 is 2.71 bits per heavy atom. The fraction of sp³-hybridized carbons (Fsp3) is 0.611. The van der Waals surface area contributed by atoms with E-state index in [1.807, 2.05) is 36.9 Å². The highest BCUT2D eigenvalue weighted by atomic mass is 16.2. The van der Waals surface area contributed by atoms with Crippen molar-refractivity contribution in [3.63, 3.8) is 0 Å². The summed E-state index contributed by atoms with van der Waals surface area (Å²) < 4.78 is 0. The fourth-order valence-electron chi connectivity index (χ4n) is 3.05. The van der Waals surface area contributed by atoms with Crippen molar-refractivity contribution >= 4 is 5.91 Å². The van der Waals surface area contributed by atoms with Gasteiger partial charge in [-0.2, -0.15) is 0 Å². The van der Waals surface area contributed by atoms with E-state index in [0.29, 0.717) is 6.04 Å². The third kappa shape index (κ3) is 3.85. The zero-order chi connectivity index (χ0) is 15.3. The Kier molecular flexibility index (Phi) is 5.40. The molecule has 1 atom stereocenters. The first-order valence-electron chi connectivity index (χ1n) is 8.14. The number of carbonyl (C=O) groups excluding carboxylic acids is 1. The first-order valence-corrected chi connectivity index (χ1v) is 8.14. The second-order valence-corrected chi connectivity index (χ2v) is 6.54. The van der Waals surface area contributed by atoms with Gasteiger partial charge in [0.1, 0.15) is 0 Å². The Hall–Kier alpha value is -1.35. The van der Waals surface area contributed by atoms with Crippen LogP contribution >= 0.6 is 0 Å². The van der Waals surface area contributed by atoms with Gasteiger partial charge in [-0.25, -0.2) is 0 Å². The van der Waals surface area contributed by atoms with Crippen molar-refractivity contribution in [3.05, 3.63) is 35.9 Å². The number of rotatable bonds is 5. The molecule has 3 heteroatoms. The summed E-state index contributed by atoms with van der Waals surface area (Å²) in [5, 5.41) is 3.55. The van der Waals surface area contributed by atoms with Gasteiger partial charge in [-0.05, 0) is 45.2 Å². The van der Waals surface area contributed by atoms with Crippen LogP contribution in [0, 0.1) is 0 Å². The summed E-state index contributed by atoms with van der Waals surface area (Å²) in [4.78, 5) is 15.0. The van der Waals surface area contributed by atoms with Crippen molar-refractivity contribution in [2.75, 3.05) is 19.6 Å². The van der Waals surface area contributed by atoms with Crippen LogP contribution in [0.4, 0.5) is 0 Å². The first-order chi connectivity index (χ1) is 10.1. The van der Waals surface area contributed by atoms with Gasteiger partial charge in [0.15, 0.2) is 0 Å². The Labute approximate surface area is 128 Å². The van der Waals surface area contributed by atoms with Gasteiger partial charge in [-0.3, -0.25) is 4.79 Å². The zero-order valence-corrected chi connectivity index (χ0v) is 13.6. The van der Waals surface area contributed by atoms with Crippen molar-refractivity contribution in [1.29, 1.82) is 0 Å². The maximum Gasteiger partial charge on any atom is 0.232 e. The molecule has 1 aliphatic heterocycles. The van der Waals surface area contributed by atoms with Crippen LogP contribution in [0.5, 0.6) is 0 Å². The molecule has 1 heterocycles. The van der Waals surface area contributed by atoms with Gasteiger partial charge < -0.3 is 10.2 Å². The molecule has 1 aromatic rings. The van der Waals surface area contributed by atoms with Gasteiger partial charge in [0, 0.05) is 19.1 Å². The molecule has 1 fully saturated rings. The number of carbonyl (C=O) groups is 1. The van der Waals surface area contributed by atoms with Crippen LogP contribution in [0.1, 0.15) is 45.6 Å². The van der Waals surface area contributed by atoms with E-state index in [-0.39, 0.29) is 5.91 Å². The standard InChI is InChI=1S/C18H28N2O/c1-4-12-19-16-11-8-13-20(14-16)17(21)18(2,3)15-9-6-5-7-10-15/h5-7,9-10,16,19H,4,8,11-14H2,1-3H3. The highest BCUT2D eigenvalue weighted by Crippen LogP contribution is 2.27. The summed E-state index contributed by atoms with van der Waals surface area (Å²) in [5.74, 6) is 0.247. The normalized spacial score (nSPS) is 19.6. The van der Waals surface area contributed by atoms with Gasteiger partial charge in [-0.1, -0.05) is 37.3 Å². The molecule has 21 heavy (non-hydrogen) atoms. The summed E-state index contributed by atoms with van der Waals surface area (Å²) in [6, 6.07) is 10.6. The molecule has 0 saturated carbocycles. The highest BCUT2D eigenvalue weighted by Gasteiger charge is 2.35. The molecule has 1 saturated heterocycles. The van der Waals surface area contributed by atoms with E-state index in [1.54, 1.807) is 0 Å². The molecule has 1 amide bonds. The first kappa shape index (κ1) is 16.0. The van der Waals surface area contributed by atoms with Crippen LogP contribution in [-0.2, 0) is 10.2 Å². The molecule has 1 unspecified atom stereocenters. The predicted molar refractivity (Wildman–Crippen MR) is 87.4 cm³/mol. The summed E-state index contributed by atoms with van der Waals surface area (Å²) in [6.45, 7) is 9.02. The summed E-state index contributed by atoms with van der Waals surface area (Å²) in [5.41, 5.74) is 0.645. The number of hydrogen-bond acceptors (Lipinski definition) is 2. The van der Waals surface area contributed by atoms with Crippen LogP contribution in [0.3, 0.4) is 0 Å².